The molecule has 0 amide bonds. The maximum absolute atomic E-state index is 5.31. The minimum atomic E-state index is 0.611. The predicted octanol–water partition coefficient (Wildman–Crippen LogP) is 15.4. The lowest BCUT2D eigenvalue weighted by molar-refractivity contribution is 1.07. The quantitative estimate of drug-likeness (QED) is 0.157. The highest BCUT2D eigenvalue weighted by atomic mass is 32.1. The van der Waals surface area contributed by atoms with Crippen LogP contribution in [0.5, 0.6) is 0 Å². The van der Waals surface area contributed by atoms with Crippen LogP contribution in [0, 0.1) is 0 Å². The lowest BCUT2D eigenvalue weighted by Gasteiger charge is -2.12. The van der Waals surface area contributed by atoms with E-state index in [0.29, 0.717) is 17.5 Å². The molecule has 0 saturated carbocycles. The third-order valence-corrected chi connectivity index (χ3v) is 13.6. The summed E-state index contributed by atoms with van der Waals surface area (Å²) in [5.74, 6) is 1.86. The van der Waals surface area contributed by atoms with Gasteiger partial charge in [0.25, 0.3) is 0 Å². The molecule has 0 saturated heterocycles. The number of thiophene rings is 1. The Morgan fingerprint density at radius 1 is 0.344 bits per heavy atom. The number of aromatic nitrogens is 5. The first-order chi connectivity index (χ1) is 31.7. The van der Waals surface area contributed by atoms with Crippen LogP contribution in [0.25, 0.3) is 126 Å². The van der Waals surface area contributed by atoms with Crippen molar-refractivity contribution in [3.8, 4) is 62.2 Å². The molecule has 0 aliphatic heterocycles. The molecule has 4 heterocycles. The molecule has 6 heteroatoms. The molecule has 13 aromatic rings. The molecule has 9 aromatic carbocycles. The normalized spacial score (nSPS) is 11.8. The molecule has 5 nitrogen and oxygen atoms in total. The summed E-state index contributed by atoms with van der Waals surface area (Å²) in [7, 11) is 0. The second-order valence-electron chi connectivity index (χ2n) is 16.2. The molecule has 0 bridgehead atoms. The minimum absolute atomic E-state index is 0.611. The summed E-state index contributed by atoms with van der Waals surface area (Å²) in [4.78, 5) is 21.0. The predicted molar refractivity (Wildman–Crippen MR) is 267 cm³/mol. The van der Waals surface area contributed by atoms with Crippen molar-refractivity contribution in [2.45, 2.75) is 0 Å². The average molecular weight is 834 g/mol. The van der Waals surface area contributed by atoms with Gasteiger partial charge in [-0.05, 0) is 65.7 Å². The summed E-state index contributed by atoms with van der Waals surface area (Å²) >= 11 is 1.84. The average Bonchev–Trinajstić information content (AvgIpc) is 3.92. The lowest BCUT2D eigenvalue weighted by atomic mass is 9.96. The van der Waals surface area contributed by atoms with Crippen molar-refractivity contribution in [2.75, 3.05) is 0 Å². The Kier molecular flexibility index (Phi) is 8.32. The zero-order valence-corrected chi connectivity index (χ0v) is 35.2. The van der Waals surface area contributed by atoms with Gasteiger partial charge < -0.3 is 4.57 Å². The van der Waals surface area contributed by atoms with Crippen LogP contribution in [-0.4, -0.2) is 24.5 Å². The van der Waals surface area contributed by atoms with E-state index >= 15 is 0 Å². The fraction of sp³-hybridized carbons (Fsp3) is 0. The number of rotatable bonds is 6. The van der Waals surface area contributed by atoms with Gasteiger partial charge in [0.2, 0.25) is 0 Å². The van der Waals surface area contributed by atoms with Gasteiger partial charge in [0.1, 0.15) is 0 Å². The Balaban J connectivity index is 1.06. The monoisotopic (exact) mass is 833 g/mol. The summed E-state index contributed by atoms with van der Waals surface area (Å²) in [6, 6.07) is 74.9. The molecule has 64 heavy (non-hydrogen) atoms. The molecular formula is C58H35N5S. The van der Waals surface area contributed by atoms with Gasteiger partial charge in [0.15, 0.2) is 17.5 Å². The first-order valence-electron chi connectivity index (χ1n) is 21.5. The second-order valence-corrected chi connectivity index (χ2v) is 17.2. The molecule has 4 aromatic heterocycles. The van der Waals surface area contributed by atoms with Gasteiger partial charge in [-0.25, -0.2) is 19.9 Å². The van der Waals surface area contributed by atoms with Crippen LogP contribution in [0.4, 0.5) is 0 Å². The molecule has 0 unspecified atom stereocenters. The van der Waals surface area contributed by atoms with Crippen LogP contribution in [0.2, 0.25) is 0 Å². The summed E-state index contributed by atoms with van der Waals surface area (Å²) in [5.41, 5.74) is 11.4. The van der Waals surface area contributed by atoms with E-state index in [1.807, 2.05) is 29.5 Å². The number of para-hydroxylation sites is 2. The lowest BCUT2D eigenvalue weighted by Crippen LogP contribution is -2.00. The number of benzene rings is 9. The van der Waals surface area contributed by atoms with Crippen molar-refractivity contribution in [2.24, 2.45) is 0 Å². The van der Waals surface area contributed by atoms with E-state index in [1.54, 1.807) is 0 Å². The van der Waals surface area contributed by atoms with Crippen molar-refractivity contribution in [3.63, 3.8) is 0 Å². The second kappa shape index (κ2) is 14.7. The SMILES string of the molecule is c1ccc(-c2nc(-c3cccc(-c4cccc5c4sc4ccccc45)c3)nc(-c3ccc4c(c3)c3c5c(ccc3n4-c3ccccc3)c(-c3ccccc3)nc3ccccc35)n2)cc1. The maximum Gasteiger partial charge on any atom is 0.164 e. The van der Waals surface area contributed by atoms with E-state index in [4.69, 9.17) is 19.9 Å². The van der Waals surface area contributed by atoms with Gasteiger partial charge in [-0.1, -0.05) is 158 Å². The maximum atomic E-state index is 5.31. The first kappa shape index (κ1) is 36.3. The highest BCUT2D eigenvalue weighted by Crippen LogP contribution is 2.44. The van der Waals surface area contributed by atoms with Gasteiger partial charge in [0, 0.05) is 75.0 Å². The summed E-state index contributed by atoms with van der Waals surface area (Å²) in [5, 5.41) is 8.22. The Labute approximate surface area is 372 Å². The molecule has 0 fully saturated rings. The Bertz CT molecular complexity index is 3950. The van der Waals surface area contributed by atoms with E-state index in [-0.39, 0.29) is 0 Å². The zero-order chi connectivity index (χ0) is 42.1. The smallest absolute Gasteiger partial charge is 0.164 e. The summed E-state index contributed by atoms with van der Waals surface area (Å²) in [6.07, 6.45) is 0. The van der Waals surface area contributed by atoms with Crippen LogP contribution in [0.3, 0.4) is 0 Å². The number of hydrogen-bond acceptors (Lipinski definition) is 5. The highest BCUT2D eigenvalue weighted by molar-refractivity contribution is 7.26. The van der Waals surface area contributed by atoms with Crippen molar-refractivity contribution >= 4 is 75.0 Å². The molecule has 0 atom stereocenters. The zero-order valence-electron chi connectivity index (χ0n) is 34.4. The third kappa shape index (κ3) is 5.84. The van der Waals surface area contributed by atoms with Crippen LogP contribution in [0.15, 0.2) is 212 Å². The van der Waals surface area contributed by atoms with Crippen molar-refractivity contribution in [3.05, 3.63) is 212 Å². The molecule has 0 radical (unpaired) electrons. The largest absolute Gasteiger partial charge is 0.309 e. The molecule has 0 spiro atoms. The van der Waals surface area contributed by atoms with Crippen molar-refractivity contribution in [1.29, 1.82) is 0 Å². The molecule has 298 valence electrons. The van der Waals surface area contributed by atoms with E-state index in [9.17, 15) is 0 Å². The standard InChI is InChI=1S/C58H35N5S/c1-4-16-36(17-5-1)54-46-31-33-50-53(52(46)45-25-10-12-28-48(45)59-54)47-35-40(30-32-49(47)63(50)41-22-8-3-9-23-41)58-61-56(37-18-6-2-7-19-37)60-57(62-58)39-21-14-20-38(34-39)42-26-15-27-44-43-24-11-13-29-51(43)64-55(42)44/h1-35H. The summed E-state index contributed by atoms with van der Waals surface area (Å²) < 4.78 is 4.94. The van der Waals surface area contributed by atoms with Gasteiger partial charge in [-0.15, -0.1) is 11.3 Å². The highest BCUT2D eigenvalue weighted by Gasteiger charge is 2.22. The minimum Gasteiger partial charge on any atom is -0.309 e. The first-order valence-corrected chi connectivity index (χ1v) is 22.3. The van der Waals surface area contributed by atoms with Gasteiger partial charge in [-0.2, -0.15) is 0 Å². The van der Waals surface area contributed by atoms with Gasteiger partial charge in [0.05, 0.1) is 22.2 Å². The van der Waals surface area contributed by atoms with Gasteiger partial charge in [-0.3, -0.25) is 0 Å². The van der Waals surface area contributed by atoms with E-state index in [0.717, 1.165) is 77.3 Å². The van der Waals surface area contributed by atoms with E-state index in [1.165, 1.54) is 31.1 Å². The Morgan fingerprint density at radius 2 is 0.938 bits per heavy atom. The van der Waals surface area contributed by atoms with Crippen molar-refractivity contribution in [1.82, 2.24) is 24.5 Å². The molecule has 0 N–H and O–H groups in total. The van der Waals surface area contributed by atoms with Crippen LogP contribution >= 0.6 is 11.3 Å². The van der Waals surface area contributed by atoms with E-state index in [2.05, 4.69) is 199 Å². The number of pyridine rings is 1. The Morgan fingerprint density at radius 3 is 1.73 bits per heavy atom. The molecule has 13 rings (SSSR count). The molecule has 0 aliphatic rings. The van der Waals surface area contributed by atoms with Crippen molar-refractivity contribution < 1.29 is 0 Å². The third-order valence-electron chi connectivity index (χ3n) is 12.4. The number of hydrogen-bond donors (Lipinski definition) is 0. The summed E-state index contributed by atoms with van der Waals surface area (Å²) in [6.45, 7) is 0. The van der Waals surface area contributed by atoms with Crippen LogP contribution in [0.1, 0.15) is 0 Å². The molecule has 0 aliphatic carbocycles. The molecular weight excluding hydrogens is 799 g/mol. The number of fused-ring (bicyclic) bond motifs is 10. The van der Waals surface area contributed by atoms with Gasteiger partial charge >= 0.3 is 0 Å². The topological polar surface area (TPSA) is 56.5 Å². The van der Waals surface area contributed by atoms with Crippen LogP contribution < -0.4 is 0 Å². The van der Waals surface area contributed by atoms with Crippen LogP contribution in [-0.2, 0) is 0 Å². The fourth-order valence-electron chi connectivity index (χ4n) is 9.51. The van der Waals surface area contributed by atoms with E-state index < -0.39 is 0 Å². The fourth-order valence-corrected chi connectivity index (χ4v) is 10.8. The Hall–Kier alpha value is -8.32. The number of nitrogens with zero attached hydrogens (tertiary/aromatic N) is 5.